The smallest absolute Gasteiger partial charge is 0.0107 e. The Morgan fingerprint density at radius 2 is 2.21 bits per heavy atom. The topological polar surface area (TPSA) is 12.0 Å². The van der Waals surface area contributed by atoms with Gasteiger partial charge in [-0.05, 0) is 42.2 Å². The van der Waals surface area contributed by atoms with Crippen LogP contribution in [0.2, 0.25) is 0 Å². The van der Waals surface area contributed by atoms with Gasteiger partial charge in [-0.15, -0.1) is 18.3 Å². The lowest BCUT2D eigenvalue weighted by Crippen LogP contribution is -2.33. The molecule has 0 amide bonds. The molecule has 3 rings (SSSR count). The minimum absolute atomic E-state index is 0.214. The van der Waals surface area contributed by atoms with Crippen LogP contribution in [0.15, 0.2) is 41.8 Å². The van der Waals surface area contributed by atoms with Crippen LogP contribution in [0.5, 0.6) is 0 Å². The molecule has 1 heterocycles. The number of nitrogens with one attached hydrogen (secondary N) is 1. The zero-order chi connectivity index (χ0) is 13.3. The molecule has 0 spiro atoms. The van der Waals surface area contributed by atoms with Crippen LogP contribution in [0.1, 0.15) is 37.7 Å². The number of hydrogen-bond acceptors (Lipinski definition) is 2. The Labute approximate surface area is 120 Å². The van der Waals surface area contributed by atoms with E-state index in [0.717, 1.165) is 12.6 Å². The Morgan fingerprint density at radius 1 is 1.42 bits per heavy atom. The molecule has 1 aliphatic carbocycles. The minimum atomic E-state index is 0.214. The van der Waals surface area contributed by atoms with E-state index in [2.05, 4.69) is 49.2 Å². The van der Waals surface area contributed by atoms with Crippen molar-refractivity contribution < 1.29 is 0 Å². The van der Waals surface area contributed by atoms with Crippen molar-refractivity contribution in [3.8, 4) is 0 Å². The molecule has 2 heteroatoms. The lowest BCUT2D eigenvalue weighted by atomic mass is 9.79. The van der Waals surface area contributed by atoms with Gasteiger partial charge in [0.15, 0.2) is 0 Å². The van der Waals surface area contributed by atoms with Gasteiger partial charge in [0.2, 0.25) is 0 Å². The van der Waals surface area contributed by atoms with E-state index in [1.165, 1.54) is 29.9 Å². The lowest BCUT2D eigenvalue weighted by Gasteiger charge is -2.29. The van der Waals surface area contributed by atoms with Crippen LogP contribution in [0, 0.1) is 5.41 Å². The maximum atomic E-state index is 4.08. The summed E-state index contributed by atoms with van der Waals surface area (Å²) in [5, 5.41) is 3.67. The highest BCUT2D eigenvalue weighted by atomic mass is 32.2. The summed E-state index contributed by atoms with van der Waals surface area (Å²) in [5.41, 5.74) is 1.76. The van der Waals surface area contributed by atoms with Gasteiger partial charge in [-0.25, -0.2) is 0 Å². The summed E-state index contributed by atoms with van der Waals surface area (Å²) in [6, 6.07) is 9.66. The first-order chi connectivity index (χ1) is 9.20. The molecule has 2 unspecified atom stereocenters. The van der Waals surface area contributed by atoms with Gasteiger partial charge in [-0.3, -0.25) is 0 Å². The molecule has 0 saturated heterocycles. The first kappa shape index (κ1) is 13.3. The molecule has 1 fully saturated rings. The van der Waals surface area contributed by atoms with Crippen LogP contribution < -0.4 is 5.32 Å². The summed E-state index contributed by atoms with van der Waals surface area (Å²) in [4.78, 5) is 1.48. The van der Waals surface area contributed by atoms with E-state index in [4.69, 9.17) is 0 Å². The predicted octanol–water partition coefficient (Wildman–Crippen LogP) is 4.21. The first-order valence-corrected chi connectivity index (χ1v) is 8.27. The van der Waals surface area contributed by atoms with Crippen molar-refractivity contribution in [1.82, 2.24) is 5.32 Å². The van der Waals surface area contributed by atoms with Crippen molar-refractivity contribution in [2.45, 2.75) is 43.0 Å². The highest BCUT2D eigenvalue weighted by Crippen LogP contribution is 2.45. The fourth-order valence-electron chi connectivity index (χ4n) is 2.85. The van der Waals surface area contributed by atoms with Crippen LogP contribution in [-0.4, -0.2) is 18.3 Å². The van der Waals surface area contributed by atoms with Crippen molar-refractivity contribution >= 4 is 11.8 Å². The van der Waals surface area contributed by atoms with Gasteiger partial charge >= 0.3 is 0 Å². The van der Waals surface area contributed by atoms with Gasteiger partial charge in [0.1, 0.15) is 0 Å². The normalized spacial score (nSPS) is 24.8. The van der Waals surface area contributed by atoms with E-state index in [-0.39, 0.29) is 5.41 Å². The van der Waals surface area contributed by atoms with Crippen molar-refractivity contribution in [2.24, 2.45) is 5.41 Å². The minimum Gasteiger partial charge on any atom is -0.313 e. The Morgan fingerprint density at radius 3 is 2.95 bits per heavy atom. The summed E-state index contributed by atoms with van der Waals surface area (Å²) in [5.74, 6) is 1.91. The summed E-state index contributed by atoms with van der Waals surface area (Å²) >= 11 is 2.01. The van der Waals surface area contributed by atoms with Gasteiger partial charge in [0, 0.05) is 23.2 Å². The average Bonchev–Trinajstić information content (AvgIpc) is 3.19. The Balaban J connectivity index is 1.67. The molecule has 1 nitrogen and oxygen atoms in total. The molecule has 2 aliphatic rings. The number of thioether (sulfide) groups is 1. The maximum Gasteiger partial charge on any atom is 0.0107 e. The second-order valence-electron chi connectivity index (χ2n) is 6.26. The van der Waals surface area contributed by atoms with Crippen LogP contribution in [-0.2, 0) is 0 Å². The zero-order valence-corrected chi connectivity index (χ0v) is 12.5. The molecule has 102 valence electrons. The Bertz CT molecular complexity index is 466. The molecule has 1 aromatic rings. The predicted molar refractivity (Wildman–Crippen MR) is 83.9 cm³/mol. The number of hydrogen-bond donors (Lipinski definition) is 1. The lowest BCUT2D eigenvalue weighted by molar-refractivity contribution is 0.341. The van der Waals surface area contributed by atoms with Gasteiger partial charge in [0.25, 0.3) is 0 Å². The second-order valence-corrected chi connectivity index (χ2v) is 7.33. The molecule has 1 aliphatic heterocycles. The van der Waals surface area contributed by atoms with Crippen LogP contribution in [0.4, 0.5) is 0 Å². The molecule has 19 heavy (non-hydrogen) atoms. The largest absolute Gasteiger partial charge is 0.313 e. The van der Waals surface area contributed by atoms with Crippen molar-refractivity contribution in [3.05, 3.63) is 42.5 Å². The van der Waals surface area contributed by atoms with Crippen molar-refractivity contribution in [3.63, 3.8) is 0 Å². The molecule has 0 bridgehead atoms. The molecule has 0 radical (unpaired) electrons. The second kappa shape index (κ2) is 5.34. The highest BCUT2D eigenvalue weighted by molar-refractivity contribution is 7.99. The third-order valence-corrected chi connectivity index (χ3v) is 5.63. The fourth-order valence-corrected chi connectivity index (χ4v) is 4.11. The van der Waals surface area contributed by atoms with Crippen molar-refractivity contribution in [2.75, 3.05) is 12.3 Å². The van der Waals surface area contributed by atoms with E-state index >= 15 is 0 Å². The van der Waals surface area contributed by atoms with E-state index in [1.54, 1.807) is 5.56 Å². The number of rotatable bonds is 6. The number of fused-ring (bicyclic) bond motifs is 1. The summed E-state index contributed by atoms with van der Waals surface area (Å²) < 4.78 is 0. The summed E-state index contributed by atoms with van der Waals surface area (Å²) in [6.07, 6.45) is 6.08. The Kier molecular flexibility index (Phi) is 3.72. The molecule has 1 N–H and O–H groups in total. The van der Waals surface area contributed by atoms with Crippen LogP contribution >= 0.6 is 11.8 Å². The third kappa shape index (κ3) is 3.06. The zero-order valence-electron chi connectivity index (χ0n) is 11.7. The molecule has 1 aromatic carbocycles. The van der Waals surface area contributed by atoms with Crippen LogP contribution in [0.25, 0.3) is 0 Å². The molecule has 0 aromatic heterocycles. The maximum absolute atomic E-state index is 4.08. The standard InChI is InChI=1S/C17H23NS/c1-3-17(2,12-18-14-8-9-14)10-13-11-19-16-7-5-4-6-15(13)16/h3-7,13-14,18H,1,8-12H2,2H3. The SMILES string of the molecule is C=CC(C)(CNC1CC1)CC1CSc2ccccc21. The molecule has 2 atom stereocenters. The van der Waals surface area contributed by atoms with E-state index < -0.39 is 0 Å². The third-order valence-electron chi connectivity index (χ3n) is 4.38. The summed E-state index contributed by atoms with van der Waals surface area (Å²) in [6.45, 7) is 7.50. The summed E-state index contributed by atoms with van der Waals surface area (Å²) in [7, 11) is 0. The van der Waals surface area contributed by atoms with E-state index in [9.17, 15) is 0 Å². The monoisotopic (exact) mass is 273 g/mol. The van der Waals surface area contributed by atoms with Gasteiger partial charge in [-0.1, -0.05) is 31.2 Å². The van der Waals surface area contributed by atoms with E-state index in [1.807, 2.05) is 11.8 Å². The highest BCUT2D eigenvalue weighted by Gasteiger charge is 2.32. The van der Waals surface area contributed by atoms with Crippen molar-refractivity contribution in [1.29, 1.82) is 0 Å². The van der Waals surface area contributed by atoms with Gasteiger partial charge in [-0.2, -0.15) is 0 Å². The van der Waals surface area contributed by atoms with E-state index in [0.29, 0.717) is 5.92 Å². The van der Waals surface area contributed by atoms with Gasteiger partial charge in [0.05, 0.1) is 0 Å². The fraction of sp³-hybridized carbons (Fsp3) is 0.529. The molecular formula is C17H23NS. The molecule has 1 saturated carbocycles. The molecular weight excluding hydrogens is 250 g/mol. The Hall–Kier alpha value is -0.730. The van der Waals surface area contributed by atoms with Crippen LogP contribution in [0.3, 0.4) is 0 Å². The first-order valence-electron chi connectivity index (χ1n) is 7.29. The quantitative estimate of drug-likeness (QED) is 0.779. The average molecular weight is 273 g/mol. The van der Waals surface area contributed by atoms with Gasteiger partial charge < -0.3 is 5.32 Å². The number of benzene rings is 1.